The number of hydrogen-bond donors (Lipinski definition) is 0. The summed E-state index contributed by atoms with van der Waals surface area (Å²) < 4.78 is 16.8. The highest BCUT2D eigenvalue weighted by atomic mass is 16.6. The van der Waals surface area contributed by atoms with Crippen LogP contribution < -0.4 is 0 Å². The first kappa shape index (κ1) is 62.8. The molecule has 0 spiro atoms. The van der Waals surface area contributed by atoms with Crippen LogP contribution in [0.1, 0.15) is 226 Å². The summed E-state index contributed by atoms with van der Waals surface area (Å²) in [4.78, 5) is 38.0. The molecule has 1 unspecified atom stereocenters. The van der Waals surface area contributed by atoms with Crippen LogP contribution in [0.5, 0.6) is 0 Å². The summed E-state index contributed by atoms with van der Waals surface area (Å²) in [5.74, 6) is -0.986. The van der Waals surface area contributed by atoms with Crippen LogP contribution in [0, 0.1) is 0 Å². The highest BCUT2D eigenvalue weighted by molar-refractivity contribution is 5.71. The summed E-state index contributed by atoms with van der Waals surface area (Å²) in [6, 6.07) is 0. The van der Waals surface area contributed by atoms with Gasteiger partial charge in [-0.15, -0.1) is 0 Å². The van der Waals surface area contributed by atoms with Crippen molar-refractivity contribution in [2.45, 2.75) is 232 Å². The Balaban J connectivity index is 4.51. The molecule has 67 heavy (non-hydrogen) atoms. The Morgan fingerprint density at radius 1 is 0.313 bits per heavy atom. The Bertz CT molecular complexity index is 1440. The summed E-state index contributed by atoms with van der Waals surface area (Å²) in [6.07, 6.45) is 74.6. The predicted molar refractivity (Wildman–Crippen MR) is 288 cm³/mol. The minimum absolute atomic E-state index is 0.108. The van der Waals surface area contributed by atoms with Gasteiger partial charge in [0.25, 0.3) is 0 Å². The number of rotatable bonds is 47. The molecule has 378 valence electrons. The third-order valence-corrected chi connectivity index (χ3v) is 10.9. The van der Waals surface area contributed by atoms with Crippen LogP contribution in [-0.2, 0) is 28.6 Å². The second-order valence-corrected chi connectivity index (χ2v) is 17.4. The van der Waals surface area contributed by atoms with E-state index in [1.54, 1.807) is 0 Å². The smallest absolute Gasteiger partial charge is 0.306 e. The average molecular weight is 927 g/mol. The first-order valence-corrected chi connectivity index (χ1v) is 27.0. The third-order valence-electron chi connectivity index (χ3n) is 10.9. The Hall–Kier alpha value is -4.19. The molecule has 0 aromatic carbocycles. The van der Waals surface area contributed by atoms with Gasteiger partial charge in [0.2, 0.25) is 0 Å². The van der Waals surface area contributed by atoms with Crippen LogP contribution in [-0.4, -0.2) is 37.2 Å². The number of esters is 3. The van der Waals surface area contributed by atoms with E-state index in [4.69, 9.17) is 14.2 Å². The molecule has 6 heteroatoms. The lowest BCUT2D eigenvalue weighted by Gasteiger charge is -2.18. The predicted octanol–water partition coefficient (Wildman–Crippen LogP) is 18.1. The van der Waals surface area contributed by atoms with Crippen molar-refractivity contribution in [3.8, 4) is 0 Å². The van der Waals surface area contributed by atoms with Gasteiger partial charge in [-0.3, -0.25) is 14.4 Å². The van der Waals surface area contributed by atoms with E-state index in [2.05, 4.69) is 142 Å². The summed E-state index contributed by atoms with van der Waals surface area (Å²) in [5, 5.41) is 0. The van der Waals surface area contributed by atoms with E-state index in [1.807, 2.05) is 0 Å². The molecule has 0 aliphatic carbocycles. The number of carbonyl (C=O) groups is 3. The molecule has 0 saturated carbocycles. The maximum absolute atomic E-state index is 12.8. The minimum atomic E-state index is -0.813. The van der Waals surface area contributed by atoms with Crippen molar-refractivity contribution < 1.29 is 28.6 Å². The zero-order valence-corrected chi connectivity index (χ0v) is 43.1. The van der Waals surface area contributed by atoms with E-state index in [-0.39, 0.29) is 31.1 Å². The van der Waals surface area contributed by atoms with Gasteiger partial charge in [-0.2, -0.15) is 0 Å². The van der Waals surface area contributed by atoms with Gasteiger partial charge in [0.05, 0.1) is 0 Å². The molecule has 0 rings (SSSR count). The molecular formula is C61H98O6. The Kier molecular flexibility index (Phi) is 51.0. The summed E-state index contributed by atoms with van der Waals surface area (Å²) >= 11 is 0. The molecule has 0 saturated heterocycles. The molecule has 0 aliphatic heterocycles. The maximum atomic E-state index is 12.8. The van der Waals surface area contributed by atoms with Crippen LogP contribution in [0.25, 0.3) is 0 Å². The molecule has 0 amide bonds. The summed E-state index contributed by atoms with van der Waals surface area (Å²) in [5.41, 5.74) is 0. The highest BCUT2D eigenvalue weighted by Crippen LogP contribution is 2.12. The van der Waals surface area contributed by atoms with E-state index >= 15 is 0 Å². The largest absolute Gasteiger partial charge is 0.462 e. The van der Waals surface area contributed by atoms with Gasteiger partial charge < -0.3 is 14.2 Å². The van der Waals surface area contributed by atoms with Crippen LogP contribution in [0.3, 0.4) is 0 Å². The third kappa shape index (κ3) is 52.6. The number of allylic oxidation sites excluding steroid dienone is 20. The molecule has 6 nitrogen and oxygen atoms in total. The van der Waals surface area contributed by atoms with E-state index < -0.39 is 6.10 Å². The van der Waals surface area contributed by atoms with Crippen LogP contribution in [0.2, 0.25) is 0 Å². The lowest BCUT2D eigenvalue weighted by molar-refractivity contribution is -0.167. The molecule has 0 heterocycles. The lowest BCUT2D eigenvalue weighted by atomic mass is 10.1. The van der Waals surface area contributed by atoms with Gasteiger partial charge >= 0.3 is 17.9 Å². The molecule has 0 aromatic heterocycles. The number of carbonyl (C=O) groups excluding carboxylic acids is 3. The first-order valence-electron chi connectivity index (χ1n) is 27.0. The molecule has 0 radical (unpaired) electrons. The van der Waals surface area contributed by atoms with Crippen molar-refractivity contribution in [2.24, 2.45) is 0 Å². The number of hydrogen-bond acceptors (Lipinski definition) is 6. The maximum Gasteiger partial charge on any atom is 0.306 e. The fraction of sp³-hybridized carbons (Fsp3) is 0.623. The van der Waals surface area contributed by atoms with Gasteiger partial charge in [-0.05, 0) is 122 Å². The van der Waals surface area contributed by atoms with Gasteiger partial charge in [-0.25, -0.2) is 0 Å². The van der Waals surface area contributed by atoms with Crippen LogP contribution in [0.15, 0.2) is 122 Å². The fourth-order valence-electron chi connectivity index (χ4n) is 6.83. The monoisotopic (exact) mass is 927 g/mol. The van der Waals surface area contributed by atoms with Crippen molar-refractivity contribution in [1.29, 1.82) is 0 Å². The number of unbranched alkanes of at least 4 members (excludes halogenated alkanes) is 16. The van der Waals surface area contributed by atoms with Crippen molar-refractivity contribution >= 4 is 17.9 Å². The standard InChI is InChI=1S/C61H98O6/c1-4-7-10-13-16-19-22-25-28-29-30-31-32-33-34-37-39-42-45-48-51-54-60(63)66-57-58(67-61(64)55-52-49-46-43-40-36-27-24-21-18-15-12-9-6-3)56-65-59(62)53-50-47-44-41-38-35-26-23-20-17-14-11-8-5-2/h7,10,14-19,23-28,30-31,33-34,39,42,58H,4-6,8-9,11-13,20-22,29,32,35-38,40-41,43-57H2,1-3H3/b10-7-,17-14-,18-15-,19-16-,26-23-,27-24-,28-25-,31-30-,34-33-,42-39-. The second kappa shape index (κ2) is 54.4. The van der Waals surface area contributed by atoms with Gasteiger partial charge in [0.1, 0.15) is 13.2 Å². The molecule has 0 aliphatic rings. The molecular weight excluding hydrogens is 829 g/mol. The van der Waals surface area contributed by atoms with E-state index in [0.29, 0.717) is 25.7 Å². The van der Waals surface area contributed by atoms with Crippen LogP contribution >= 0.6 is 0 Å². The summed E-state index contributed by atoms with van der Waals surface area (Å²) in [6.45, 7) is 6.37. The topological polar surface area (TPSA) is 78.9 Å². The van der Waals surface area contributed by atoms with Crippen molar-refractivity contribution in [3.05, 3.63) is 122 Å². The number of ether oxygens (including phenoxy) is 3. The van der Waals surface area contributed by atoms with Gasteiger partial charge in [-0.1, -0.05) is 206 Å². The van der Waals surface area contributed by atoms with E-state index in [9.17, 15) is 14.4 Å². The molecule has 0 bridgehead atoms. The normalized spacial score (nSPS) is 13.1. The zero-order chi connectivity index (χ0) is 48.6. The van der Waals surface area contributed by atoms with E-state index in [0.717, 1.165) is 141 Å². The Labute approximate surface area is 412 Å². The van der Waals surface area contributed by atoms with Crippen molar-refractivity contribution in [1.82, 2.24) is 0 Å². The van der Waals surface area contributed by atoms with Crippen molar-refractivity contribution in [2.75, 3.05) is 13.2 Å². The molecule has 0 fully saturated rings. The van der Waals surface area contributed by atoms with Crippen molar-refractivity contribution in [3.63, 3.8) is 0 Å². The van der Waals surface area contributed by atoms with Gasteiger partial charge in [0, 0.05) is 19.3 Å². The first-order chi connectivity index (χ1) is 33.0. The molecule has 0 N–H and O–H groups in total. The Morgan fingerprint density at radius 2 is 0.582 bits per heavy atom. The molecule has 1 atom stereocenters. The minimum Gasteiger partial charge on any atom is -0.462 e. The average Bonchev–Trinajstić information content (AvgIpc) is 3.33. The van der Waals surface area contributed by atoms with Crippen LogP contribution in [0.4, 0.5) is 0 Å². The second-order valence-electron chi connectivity index (χ2n) is 17.4. The fourth-order valence-corrected chi connectivity index (χ4v) is 6.83. The quantitative estimate of drug-likeness (QED) is 0.0262. The Morgan fingerprint density at radius 3 is 0.940 bits per heavy atom. The zero-order valence-electron chi connectivity index (χ0n) is 43.1. The SMILES string of the molecule is CC/C=C\C/C=C\C/C=C\C/C=C\C/C=C\C/C=C\CCCCC(=O)OCC(COC(=O)CCCCCCC/C=C\C/C=C\CCCC)OC(=O)CCCCCCC/C=C\C/C=C\CCCC. The highest BCUT2D eigenvalue weighted by Gasteiger charge is 2.19. The van der Waals surface area contributed by atoms with E-state index in [1.165, 1.54) is 38.5 Å². The van der Waals surface area contributed by atoms with Gasteiger partial charge in [0.15, 0.2) is 6.10 Å². The molecule has 0 aromatic rings. The lowest BCUT2D eigenvalue weighted by Crippen LogP contribution is -2.30. The summed E-state index contributed by atoms with van der Waals surface area (Å²) in [7, 11) is 0.